The smallest absolute Gasteiger partial charge is 0.304 e. The third-order valence-corrected chi connectivity index (χ3v) is 3.69. The molecule has 0 spiro atoms. The van der Waals surface area contributed by atoms with E-state index >= 15 is 0 Å². The Balaban J connectivity index is 2.44. The first-order valence-electron chi connectivity index (χ1n) is 6.63. The zero-order chi connectivity index (χ0) is 16.1. The molecule has 0 aliphatic heterocycles. The summed E-state index contributed by atoms with van der Waals surface area (Å²) in [5.41, 5.74) is 1.14. The molecule has 0 amide bonds. The first kappa shape index (κ1) is 16.0. The summed E-state index contributed by atoms with van der Waals surface area (Å²) in [5, 5.41) is 19.1. The Morgan fingerprint density at radius 3 is 2.45 bits per heavy atom. The van der Waals surface area contributed by atoms with Gasteiger partial charge in [-0.2, -0.15) is 5.26 Å². The molecule has 112 valence electrons. The van der Waals surface area contributed by atoms with E-state index in [0.29, 0.717) is 16.1 Å². The number of benzene rings is 2. The van der Waals surface area contributed by atoms with Crippen LogP contribution in [0.2, 0.25) is 5.02 Å². The fraction of sp³-hybridized carbons (Fsp3) is 0.176. The van der Waals surface area contributed by atoms with Gasteiger partial charge in [-0.1, -0.05) is 35.9 Å². The maximum absolute atomic E-state index is 13.4. The molecule has 0 radical (unpaired) electrons. The number of carboxylic acid groups (broad SMARTS) is 1. The summed E-state index contributed by atoms with van der Waals surface area (Å²) in [4.78, 5) is 11.2. The molecule has 5 heteroatoms. The summed E-state index contributed by atoms with van der Waals surface area (Å²) in [6, 6.07) is 14.5. The summed E-state index contributed by atoms with van der Waals surface area (Å²) in [7, 11) is 0. The van der Waals surface area contributed by atoms with E-state index in [1.807, 2.05) is 0 Å². The Hall–Kier alpha value is -2.38. The van der Waals surface area contributed by atoms with Crippen molar-refractivity contribution in [1.82, 2.24) is 0 Å². The van der Waals surface area contributed by atoms with Crippen LogP contribution in [0.3, 0.4) is 0 Å². The number of halogens is 2. The molecule has 0 aliphatic rings. The SMILES string of the molecule is N#C[C@@H](c1cccc(F)c1)[C@@H](CC(=O)O)c1ccc(Cl)cc1. The number of hydrogen-bond acceptors (Lipinski definition) is 2. The number of carbonyl (C=O) groups is 1. The van der Waals surface area contributed by atoms with Gasteiger partial charge in [0.2, 0.25) is 0 Å². The Kier molecular flexibility index (Phi) is 5.13. The molecule has 0 aromatic heterocycles. The maximum Gasteiger partial charge on any atom is 0.304 e. The topological polar surface area (TPSA) is 61.1 Å². The fourth-order valence-electron chi connectivity index (χ4n) is 2.42. The van der Waals surface area contributed by atoms with E-state index < -0.39 is 23.6 Å². The molecule has 2 aromatic carbocycles. The van der Waals surface area contributed by atoms with Crippen LogP contribution < -0.4 is 0 Å². The van der Waals surface area contributed by atoms with E-state index in [0.717, 1.165) is 0 Å². The van der Waals surface area contributed by atoms with Crippen molar-refractivity contribution in [2.45, 2.75) is 18.3 Å². The number of hydrogen-bond donors (Lipinski definition) is 1. The van der Waals surface area contributed by atoms with Crippen molar-refractivity contribution < 1.29 is 14.3 Å². The molecule has 2 atom stereocenters. The van der Waals surface area contributed by atoms with Crippen molar-refractivity contribution in [2.24, 2.45) is 0 Å². The quantitative estimate of drug-likeness (QED) is 0.892. The number of carboxylic acids is 1. The van der Waals surface area contributed by atoms with Crippen molar-refractivity contribution in [3.63, 3.8) is 0 Å². The highest BCUT2D eigenvalue weighted by atomic mass is 35.5. The zero-order valence-corrected chi connectivity index (χ0v) is 12.3. The largest absolute Gasteiger partial charge is 0.481 e. The minimum atomic E-state index is -1.02. The second-order valence-corrected chi connectivity index (χ2v) is 5.35. The van der Waals surface area contributed by atoms with Gasteiger partial charge in [0, 0.05) is 10.9 Å². The first-order valence-corrected chi connectivity index (χ1v) is 7.01. The van der Waals surface area contributed by atoms with Crippen LogP contribution in [0.1, 0.15) is 29.4 Å². The Morgan fingerprint density at radius 2 is 1.91 bits per heavy atom. The van der Waals surface area contributed by atoms with E-state index in [4.69, 9.17) is 16.7 Å². The minimum Gasteiger partial charge on any atom is -0.481 e. The highest BCUT2D eigenvalue weighted by Crippen LogP contribution is 2.36. The molecule has 0 saturated heterocycles. The lowest BCUT2D eigenvalue weighted by Crippen LogP contribution is -2.14. The van der Waals surface area contributed by atoms with Gasteiger partial charge in [0.25, 0.3) is 0 Å². The monoisotopic (exact) mass is 317 g/mol. The van der Waals surface area contributed by atoms with Gasteiger partial charge in [-0.15, -0.1) is 0 Å². The summed E-state index contributed by atoms with van der Waals surface area (Å²) in [5.74, 6) is -2.81. The van der Waals surface area contributed by atoms with E-state index in [1.54, 1.807) is 30.3 Å². The van der Waals surface area contributed by atoms with Crippen molar-refractivity contribution in [2.75, 3.05) is 0 Å². The summed E-state index contributed by atoms with van der Waals surface area (Å²) >= 11 is 5.84. The van der Waals surface area contributed by atoms with Crippen LogP contribution in [0.25, 0.3) is 0 Å². The lowest BCUT2D eigenvalue weighted by atomic mass is 9.80. The molecule has 3 nitrogen and oxygen atoms in total. The highest BCUT2D eigenvalue weighted by Gasteiger charge is 2.27. The summed E-state index contributed by atoms with van der Waals surface area (Å²) in [6.07, 6.45) is -0.226. The minimum absolute atomic E-state index is 0.226. The van der Waals surface area contributed by atoms with Crippen LogP contribution in [0.5, 0.6) is 0 Å². The van der Waals surface area contributed by atoms with Gasteiger partial charge >= 0.3 is 5.97 Å². The van der Waals surface area contributed by atoms with Gasteiger partial charge < -0.3 is 5.11 Å². The number of aliphatic carboxylic acids is 1. The lowest BCUT2D eigenvalue weighted by Gasteiger charge is -2.21. The van der Waals surface area contributed by atoms with Crippen LogP contribution in [0.15, 0.2) is 48.5 Å². The van der Waals surface area contributed by atoms with Crippen LogP contribution in [0, 0.1) is 17.1 Å². The average molecular weight is 318 g/mol. The van der Waals surface area contributed by atoms with Gasteiger partial charge in [-0.05, 0) is 35.4 Å². The third kappa shape index (κ3) is 3.84. The standard InChI is InChI=1S/C17H13ClFNO2/c18-13-6-4-11(5-7-13)15(9-17(21)22)16(10-20)12-2-1-3-14(19)8-12/h1-8,15-16H,9H2,(H,21,22)/t15-,16-/m0/s1. The van der Waals surface area contributed by atoms with Crippen LogP contribution in [-0.2, 0) is 4.79 Å². The molecule has 0 bridgehead atoms. The molecule has 2 aromatic rings. The molecule has 1 N–H and O–H groups in total. The van der Waals surface area contributed by atoms with Gasteiger partial charge in [0.15, 0.2) is 0 Å². The summed E-state index contributed by atoms with van der Waals surface area (Å²) in [6.45, 7) is 0. The van der Waals surface area contributed by atoms with E-state index in [2.05, 4.69) is 6.07 Å². The average Bonchev–Trinajstić information content (AvgIpc) is 2.47. The molecule has 0 heterocycles. The first-order chi connectivity index (χ1) is 10.5. The molecule has 2 rings (SSSR count). The fourth-order valence-corrected chi connectivity index (χ4v) is 2.55. The van der Waals surface area contributed by atoms with Gasteiger partial charge in [0.05, 0.1) is 18.4 Å². The van der Waals surface area contributed by atoms with Gasteiger partial charge in [-0.3, -0.25) is 4.79 Å². The van der Waals surface area contributed by atoms with Gasteiger partial charge in [0.1, 0.15) is 5.82 Å². The predicted molar refractivity (Wildman–Crippen MR) is 81.2 cm³/mol. The van der Waals surface area contributed by atoms with Crippen LogP contribution in [0.4, 0.5) is 4.39 Å². The molecule has 22 heavy (non-hydrogen) atoms. The second-order valence-electron chi connectivity index (χ2n) is 4.92. The Bertz CT molecular complexity index is 709. The van der Waals surface area contributed by atoms with Crippen molar-refractivity contribution >= 4 is 17.6 Å². The normalized spacial score (nSPS) is 13.1. The zero-order valence-electron chi connectivity index (χ0n) is 11.5. The van der Waals surface area contributed by atoms with Crippen LogP contribution in [-0.4, -0.2) is 11.1 Å². The van der Waals surface area contributed by atoms with Crippen molar-refractivity contribution in [1.29, 1.82) is 5.26 Å². The molecule has 0 aliphatic carbocycles. The Morgan fingerprint density at radius 1 is 1.23 bits per heavy atom. The van der Waals surface area contributed by atoms with E-state index in [-0.39, 0.29) is 6.42 Å². The van der Waals surface area contributed by atoms with E-state index in [1.165, 1.54) is 18.2 Å². The molecule has 0 unspecified atom stereocenters. The number of nitrogens with zero attached hydrogens (tertiary/aromatic N) is 1. The van der Waals surface area contributed by atoms with Crippen molar-refractivity contribution in [3.8, 4) is 6.07 Å². The predicted octanol–water partition coefficient (Wildman–Crippen LogP) is 4.34. The maximum atomic E-state index is 13.4. The number of rotatable bonds is 5. The molecule has 0 fully saturated rings. The van der Waals surface area contributed by atoms with Gasteiger partial charge in [-0.25, -0.2) is 4.39 Å². The third-order valence-electron chi connectivity index (χ3n) is 3.44. The summed E-state index contributed by atoms with van der Waals surface area (Å²) < 4.78 is 13.4. The van der Waals surface area contributed by atoms with Crippen molar-refractivity contribution in [3.05, 3.63) is 70.5 Å². The molecular formula is C17H13ClFNO2. The molecular weight excluding hydrogens is 305 g/mol. The Labute approximate surface area is 132 Å². The molecule has 0 saturated carbocycles. The second kappa shape index (κ2) is 7.06. The highest BCUT2D eigenvalue weighted by molar-refractivity contribution is 6.30. The number of nitriles is 1. The lowest BCUT2D eigenvalue weighted by molar-refractivity contribution is -0.137. The van der Waals surface area contributed by atoms with Crippen LogP contribution >= 0.6 is 11.6 Å². The van der Waals surface area contributed by atoms with E-state index in [9.17, 15) is 14.4 Å².